The van der Waals surface area contributed by atoms with Gasteiger partial charge in [0.2, 0.25) is 0 Å². The first-order chi connectivity index (χ1) is 11.2. The van der Waals surface area contributed by atoms with Gasteiger partial charge in [0.25, 0.3) is 0 Å². The van der Waals surface area contributed by atoms with Crippen LogP contribution in [0.1, 0.15) is 88.0 Å². The lowest BCUT2D eigenvalue weighted by Gasteiger charge is -2.36. The maximum absolute atomic E-state index is 2.70. The van der Waals surface area contributed by atoms with Crippen LogP contribution in [0.25, 0.3) is 0 Å². The smallest absolute Gasteiger partial charge is 0.00106 e. The van der Waals surface area contributed by atoms with Gasteiger partial charge in [-0.3, -0.25) is 0 Å². The fourth-order valence-corrected chi connectivity index (χ4v) is 2.85. The molecule has 0 spiro atoms. The molecule has 2 saturated heterocycles. The second-order valence-corrected chi connectivity index (χ2v) is 5.73. The van der Waals surface area contributed by atoms with Crippen molar-refractivity contribution in [1.29, 1.82) is 0 Å². The first-order valence-electron chi connectivity index (χ1n) is 10.6. The highest BCUT2D eigenvalue weighted by molar-refractivity contribution is 4.76. The SMILES string of the molecule is CC.CC.CC.CC.CC1CCN(CC2CCN(C)CC2)CC1. The number of piperidine rings is 2. The lowest BCUT2D eigenvalue weighted by molar-refractivity contribution is 0.130. The molecule has 0 aromatic heterocycles. The van der Waals surface area contributed by atoms with Gasteiger partial charge in [-0.1, -0.05) is 62.3 Å². The van der Waals surface area contributed by atoms with Crippen molar-refractivity contribution in [3.05, 3.63) is 0 Å². The highest BCUT2D eigenvalue weighted by atomic mass is 15.1. The molecule has 0 aromatic carbocycles. The molecule has 2 nitrogen and oxygen atoms in total. The first kappa shape index (κ1) is 27.8. The van der Waals surface area contributed by atoms with E-state index < -0.39 is 0 Å². The summed E-state index contributed by atoms with van der Waals surface area (Å²) in [5.74, 6) is 1.95. The van der Waals surface area contributed by atoms with E-state index >= 15 is 0 Å². The Morgan fingerprint density at radius 1 is 0.652 bits per heavy atom. The van der Waals surface area contributed by atoms with E-state index in [-0.39, 0.29) is 0 Å². The third kappa shape index (κ3) is 15.2. The van der Waals surface area contributed by atoms with Gasteiger partial charge in [-0.2, -0.15) is 0 Å². The third-order valence-electron chi connectivity index (χ3n) is 4.23. The van der Waals surface area contributed by atoms with Gasteiger partial charge in [0.05, 0.1) is 0 Å². The van der Waals surface area contributed by atoms with E-state index in [1.807, 2.05) is 55.4 Å². The second-order valence-electron chi connectivity index (χ2n) is 5.73. The van der Waals surface area contributed by atoms with Gasteiger partial charge < -0.3 is 9.80 Å². The molecule has 144 valence electrons. The molecule has 0 aliphatic carbocycles. The zero-order valence-electron chi connectivity index (χ0n) is 18.4. The van der Waals surface area contributed by atoms with E-state index in [0.717, 1.165) is 11.8 Å². The van der Waals surface area contributed by atoms with Gasteiger partial charge in [-0.15, -0.1) is 0 Å². The lowest BCUT2D eigenvalue weighted by Crippen LogP contribution is -2.40. The Balaban J connectivity index is -0.000000438. The van der Waals surface area contributed by atoms with Crippen LogP contribution in [0.4, 0.5) is 0 Å². The van der Waals surface area contributed by atoms with Crippen molar-refractivity contribution >= 4 is 0 Å². The van der Waals surface area contributed by atoms with Crippen molar-refractivity contribution in [3.8, 4) is 0 Å². The van der Waals surface area contributed by atoms with Crippen LogP contribution in [0.3, 0.4) is 0 Å². The summed E-state index contributed by atoms with van der Waals surface area (Å²) in [6, 6.07) is 0. The fraction of sp³-hybridized carbons (Fsp3) is 1.00. The van der Waals surface area contributed by atoms with E-state index in [4.69, 9.17) is 0 Å². The minimum atomic E-state index is 0.971. The molecular formula is C21H50N2. The van der Waals surface area contributed by atoms with Gasteiger partial charge in [-0.05, 0) is 70.7 Å². The van der Waals surface area contributed by atoms with Crippen molar-refractivity contribution in [2.75, 3.05) is 39.8 Å². The minimum Gasteiger partial charge on any atom is -0.306 e. The number of rotatable bonds is 2. The van der Waals surface area contributed by atoms with Crippen LogP contribution in [0.5, 0.6) is 0 Å². The van der Waals surface area contributed by atoms with Gasteiger partial charge >= 0.3 is 0 Å². The number of nitrogens with zero attached hydrogens (tertiary/aromatic N) is 2. The van der Waals surface area contributed by atoms with Gasteiger partial charge in [0.15, 0.2) is 0 Å². The summed E-state index contributed by atoms with van der Waals surface area (Å²) < 4.78 is 0. The van der Waals surface area contributed by atoms with Crippen LogP contribution in [-0.2, 0) is 0 Å². The van der Waals surface area contributed by atoms with Crippen molar-refractivity contribution < 1.29 is 0 Å². The van der Waals surface area contributed by atoms with Crippen LogP contribution in [0.2, 0.25) is 0 Å². The molecule has 2 aliphatic heterocycles. The van der Waals surface area contributed by atoms with Crippen LogP contribution < -0.4 is 0 Å². The zero-order chi connectivity index (χ0) is 18.7. The molecule has 23 heavy (non-hydrogen) atoms. The Morgan fingerprint density at radius 2 is 1.04 bits per heavy atom. The molecule has 0 unspecified atom stereocenters. The number of hydrogen-bond acceptors (Lipinski definition) is 2. The highest BCUT2D eigenvalue weighted by Crippen LogP contribution is 2.21. The maximum Gasteiger partial charge on any atom is 0.00106 e. The predicted octanol–water partition coefficient (Wildman–Crippen LogP) is 6.16. The van der Waals surface area contributed by atoms with Crippen molar-refractivity contribution in [1.82, 2.24) is 9.80 Å². The second kappa shape index (κ2) is 21.9. The third-order valence-corrected chi connectivity index (χ3v) is 4.23. The molecule has 0 N–H and O–H groups in total. The van der Waals surface area contributed by atoms with Crippen LogP contribution in [0, 0.1) is 11.8 Å². The summed E-state index contributed by atoms with van der Waals surface area (Å²) in [5.41, 5.74) is 0. The summed E-state index contributed by atoms with van der Waals surface area (Å²) >= 11 is 0. The van der Waals surface area contributed by atoms with E-state index in [9.17, 15) is 0 Å². The van der Waals surface area contributed by atoms with Gasteiger partial charge in [0, 0.05) is 6.54 Å². The largest absolute Gasteiger partial charge is 0.306 e. The van der Waals surface area contributed by atoms with Crippen molar-refractivity contribution in [3.63, 3.8) is 0 Å². The highest BCUT2D eigenvalue weighted by Gasteiger charge is 2.21. The Hall–Kier alpha value is -0.0800. The van der Waals surface area contributed by atoms with Crippen LogP contribution in [-0.4, -0.2) is 49.6 Å². The fourth-order valence-electron chi connectivity index (χ4n) is 2.85. The Labute approximate surface area is 150 Å². The molecular weight excluding hydrogens is 280 g/mol. The van der Waals surface area contributed by atoms with Crippen LogP contribution in [0.15, 0.2) is 0 Å². The maximum atomic E-state index is 2.70. The molecule has 2 heterocycles. The molecule has 2 heteroatoms. The van der Waals surface area contributed by atoms with Gasteiger partial charge in [0.1, 0.15) is 0 Å². The quantitative estimate of drug-likeness (QED) is 0.598. The number of hydrogen-bond donors (Lipinski definition) is 0. The molecule has 0 amide bonds. The Kier molecular flexibility index (Phi) is 26.5. The standard InChI is InChI=1S/C13H26N2.4C2H6/c1-12-3-9-15(10-4-12)11-13-5-7-14(2)8-6-13;4*1-2/h12-13H,3-11H2,1-2H3;4*1-2H3. The van der Waals surface area contributed by atoms with Gasteiger partial charge in [-0.25, -0.2) is 0 Å². The summed E-state index contributed by atoms with van der Waals surface area (Å²) in [6.07, 6.45) is 5.68. The predicted molar refractivity (Wildman–Crippen MR) is 110 cm³/mol. The van der Waals surface area contributed by atoms with E-state index in [1.165, 1.54) is 58.4 Å². The molecule has 0 aromatic rings. The molecule has 0 bridgehead atoms. The molecule has 2 rings (SSSR count). The molecule has 2 fully saturated rings. The Morgan fingerprint density at radius 3 is 1.43 bits per heavy atom. The first-order valence-corrected chi connectivity index (χ1v) is 10.6. The summed E-state index contributed by atoms with van der Waals surface area (Å²) in [6.45, 7) is 25.1. The van der Waals surface area contributed by atoms with Crippen molar-refractivity contribution in [2.24, 2.45) is 11.8 Å². The van der Waals surface area contributed by atoms with E-state index in [2.05, 4.69) is 23.8 Å². The van der Waals surface area contributed by atoms with E-state index in [1.54, 1.807) is 0 Å². The summed E-state index contributed by atoms with van der Waals surface area (Å²) in [4.78, 5) is 5.17. The van der Waals surface area contributed by atoms with Crippen LogP contribution >= 0.6 is 0 Å². The molecule has 0 radical (unpaired) electrons. The summed E-state index contributed by atoms with van der Waals surface area (Å²) in [5, 5.41) is 0. The molecule has 0 atom stereocenters. The normalized spacial score (nSPS) is 19.6. The number of likely N-dealkylation sites (tertiary alicyclic amines) is 2. The average molecular weight is 331 g/mol. The topological polar surface area (TPSA) is 6.48 Å². The zero-order valence-corrected chi connectivity index (χ0v) is 18.4. The van der Waals surface area contributed by atoms with Crippen molar-refractivity contribution in [2.45, 2.75) is 88.0 Å². The van der Waals surface area contributed by atoms with E-state index in [0.29, 0.717) is 0 Å². The molecule has 0 saturated carbocycles. The molecule has 2 aliphatic rings. The monoisotopic (exact) mass is 330 g/mol. The minimum absolute atomic E-state index is 0.971. The summed E-state index contributed by atoms with van der Waals surface area (Å²) in [7, 11) is 2.25. The Bertz CT molecular complexity index is 158. The average Bonchev–Trinajstić information content (AvgIpc) is 2.66. The lowest BCUT2D eigenvalue weighted by atomic mass is 9.94.